The zero-order valence-electron chi connectivity index (χ0n) is 17.4. The first-order chi connectivity index (χ1) is 14.5. The minimum Gasteiger partial charge on any atom is -0.508 e. The van der Waals surface area contributed by atoms with E-state index >= 15 is 0 Å². The molecule has 162 valence electrons. The molecule has 0 aliphatic rings. The predicted octanol–water partition coefficient (Wildman–Crippen LogP) is 5.58. The molecule has 0 heterocycles. The molecule has 0 bridgehead atoms. The number of aromatic hydroxyl groups is 2. The molecule has 2 aromatic rings. The molecular formula is C24H32N2O4. The summed E-state index contributed by atoms with van der Waals surface area (Å²) in [6.07, 6.45) is 9.26. The molecule has 0 radical (unpaired) electrons. The summed E-state index contributed by atoms with van der Waals surface area (Å²) in [5.41, 5.74) is 1.24. The van der Waals surface area contributed by atoms with Crippen LogP contribution in [0.15, 0.2) is 48.5 Å². The average Bonchev–Trinajstić information content (AvgIpc) is 2.69. The van der Waals surface area contributed by atoms with Crippen molar-refractivity contribution in [1.29, 1.82) is 0 Å². The molecule has 2 aromatic carbocycles. The summed E-state index contributed by atoms with van der Waals surface area (Å²) in [4.78, 5) is 23.8. The van der Waals surface area contributed by atoms with Crippen molar-refractivity contribution < 1.29 is 19.8 Å². The Morgan fingerprint density at radius 3 is 1.33 bits per heavy atom. The van der Waals surface area contributed by atoms with Crippen LogP contribution in [0.1, 0.15) is 64.2 Å². The zero-order valence-corrected chi connectivity index (χ0v) is 17.4. The van der Waals surface area contributed by atoms with E-state index in [-0.39, 0.29) is 23.3 Å². The third-order valence-electron chi connectivity index (χ3n) is 4.82. The molecule has 4 N–H and O–H groups in total. The molecule has 0 saturated heterocycles. The van der Waals surface area contributed by atoms with Gasteiger partial charge in [-0.05, 0) is 37.1 Å². The third-order valence-corrected chi connectivity index (χ3v) is 4.82. The molecule has 0 atom stereocenters. The number of amides is 2. The van der Waals surface area contributed by atoms with Crippen LogP contribution in [0.4, 0.5) is 11.4 Å². The maximum Gasteiger partial charge on any atom is 0.224 e. The van der Waals surface area contributed by atoms with Crippen LogP contribution in [-0.2, 0) is 9.59 Å². The molecule has 0 spiro atoms. The SMILES string of the molecule is O=C(CCCCCCCCCCC(=O)Nc1cccc(O)c1)Nc1cccc(O)c1. The van der Waals surface area contributed by atoms with Gasteiger partial charge in [0.1, 0.15) is 11.5 Å². The van der Waals surface area contributed by atoms with Crippen LogP contribution >= 0.6 is 0 Å². The summed E-state index contributed by atoms with van der Waals surface area (Å²) in [5.74, 6) is 0.240. The predicted molar refractivity (Wildman–Crippen MR) is 120 cm³/mol. The zero-order chi connectivity index (χ0) is 21.6. The van der Waals surface area contributed by atoms with Crippen LogP contribution in [0, 0.1) is 0 Å². The molecule has 0 aliphatic heterocycles. The lowest BCUT2D eigenvalue weighted by Crippen LogP contribution is -2.10. The number of unbranched alkanes of at least 4 members (excludes halogenated alkanes) is 7. The number of carbonyl (C=O) groups is 2. The standard InChI is InChI=1S/C24H32N2O4/c27-21-13-9-11-19(17-21)25-23(29)15-7-5-3-1-2-4-6-8-16-24(30)26-20-12-10-14-22(28)18-20/h9-14,17-18,27-28H,1-8,15-16H2,(H,25,29)(H,26,30). The fraction of sp³-hybridized carbons (Fsp3) is 0.417. The fourth-order valence-corrected chi connectivity index (χ4v) is 3.25. The number of rotatable bonds is 13. The highest BCUT2D eigenvalue weighted by Crippen LogP contribution is 2.17. The number of hydrogen-bond donors (Lipinski definition) is 4. The monoisotopic (exact) mass is 412 g/mol. The number of phenolic OH excluding ortho intramolecular Hbond substituents is 2. The van der Waals surface area contributed by atoms with E-state index in [1.54, 1.807) is 36.4 Å². The van der Waals surface area contributed by atoms with Crippen molar-refractivity contribution in [2.75, 3.05) is 10.6 Å². The minimum atomic E-state index is -0.0235. The summed E-state index contributed by atoms with van der Waals surface area (Å²) in [5, 5.41) is 24.4. The average molecular weight is 413 g/mol. The Bertz CT molecular complexity index is 740. The van der Waals surface area contributed by atoms with E-state index in [0.29, 0.717) is 24.2 Å². The van der Waals surface area contributed by atoms with Crippen molar-refractivity contribution in [3.05, 3.63) is 48.5 Å². The largest absolute Gasteiger partial charge is 0.508 e. The van der Waals surface area contributed by atoms with E-state index in [1.165, 1.54) is 12.1 Å². The van der Waals surface area contributed by atoms with E-state index in [9.17, 15) is 19.8 Å². The van der Waals surface area contributed by atoms with Crippen LogP contribution in [-0.4, -0.2) is 22.0 Å². The second kappa shape index (κ2) is 13.2. The summed E-state index contributed by atoms with van der Waals surface area (Å²) >= 11 is 0. The first-order valence-corrected chi connectivity index (χ1v) is 10.7. The Morgan fingerprint density at radius 2 is 0.967 bits per heavy atom. The van der Waals surface area contributed by atoms with Crippen molar-refractivity contribution in [1.82, 2.24) is 0 Å². The second-order valence-corrected chi connectivity index (χ2v) is 7.53. The van der Waals surface area contributed by atoms with Gasteiger partial charge in [-0.3, -0.25) is 9.59 Å². The topological polar surface area (TPSA) is 98.7 Å². The van der Waals surface area contributed by atoms with Crippen LogP contribution in [0.3, 0.4) is 0 Å². The van der Waals surface area contributed by atoms with Gasteiger partial charge in [0.25, 0.3) is 0 Å². The lowest BCUT2D eigenvalue weighted by molar-refractivity contribution is -0.117. The van der Waals surface area contributed by atoms with Gasteiger partial charge in [0.2, 0.25) is 11.8 Å². The van der Waals surface area contributed by atoms with Gasteiger partial charge < -0.3 is 20.8 Å². The first-order valence-electron chi connectivity index (χ1n) is 10.7. The van der Waals surface area contributed by atoms with Crippen molar-refractivity contribution in [3.63, 3.8) is 0 Å². The summed E-state index contributed by atoms with van der Waals surface area (Å²) in [7, 11) is 0. The Balaban J connectivity index is 1.41. The van der Waals surface area contributed by atoms with Gasteiger partial charge in [-0.25, -0.2) is 0 Å². The van der Waals surface area contributed by atoms with E-state index in [2.05, 4.69) is 10.6 Å². The molecule has 0 fully saturated rings. The highest BCUT2D eigenvalue weighted by molar-refractivity contribution is 5.91. The van der Waals surface area contributed by atoms with Crippen molar-refractivity contribution >= 4 is 23.2 Å². The van der Waals surface area contributed by atoms with Gasteiger partial charge in [-0.2, -0.15) is 0 Å². The van der Waals surface area contributed by atoms with Gasteiger partial charge >= 0.3 is 0 Å². The maximum atomic E-state index is 11.9. The Labute approximate surface area is 178 Å². The number of benzene rings is 2. The first kappa shape index (κ1) is 23.3. The summed E-state index contributed by atoms with van der Waals surface area (Å²) < 4.78 is 0. The smallest absolute Gasteiger partial charge is 0.224 e. The minimum absolute atomic E-state index is 0.0235. The van der Waals surface area contributed by atoms with Crippen LogP contribution < -0.4 is 10.6 Å². The lowest BCUT2D eigenvalue weighted by atomic mass is 10.1. The third kappa shape index (κ3) is 9.96. The molecule has 2 rings (SSSR count). The Morgan fingerprint density at radius 1 is 0.600 bits per heavy atom. The summed E-state index contributed by atoms with van der Waals surface area (Å²) in [6, 6.07) is 13.1. The molecule has 0 unspecified atom stereocenters. The Kier molecular flexibility index (Phi) is 10.3. The van der Waals surface area contributed by atoms with Gasteiger partial charge in [0.05, 0.1) is 0 Å². The summed E-state index contributed by atoms with van der Waals surface area (Å²) in [6.45, 7) is 0. The molecule has 0 aromatic heterocycles. The number of hydrogen-bond acceptors (Lipinski definition) is 4. The highest BCUT2D eigenvalue weighted by atomic mass is 16.3. The quantitative estimate of drug-likeness (QED) is 0.323. The lowest BCUT2D eigenvalue weighted by Gasteiger charge is -2.06. The second-order valence-electron chi connectivity index (χ2n) is 7.53. The van der Waals surface area contributed by atoms with Gasteiger partial charge in [0.15, 0.2) is 0 Å². The molecule has 0 saturated carbocycles. The molecular weight excluding hydrogens is 380 g/mol. The van der Waals surface area contributed by atoms with Gasteiger partial charge in [0, 0.05) is 36.3 Å². The number of carbonyl (C=O) groups excluding carboxylic acids is 2. The van der Waals surface area contributed by atoms with Crippen molar-refractivity contribution in [3.8, 4) is 11.5 Å². The van der Waals surface area contributed by atoms with Crippen molar-refractivity contribution in [2.45, 2.75) is 64.2 Å². The van der Waals surface area contributed by atoms with Crippen LogP contribution in [0.5, 0.6) is 11.5 Å². The molecule has 6 heteroatoms. The van der Waals surface area contributed by atoms with Gasteiger partial charge in [-0.1, -0.05) is 50.7 Å². The van der Waals surface area contributed by atoms with E-state index in [1.807, 2.05) is 0 Å². The fourth-order valence-electron chi connectivity index (χ4n) is 3.25. The maximum absolute atomic E-state index is 11.9. The van der Waals surface area contributed by atoms with E-state index in [0.717, 1.165) is 51.4 Å². The normalized spacial score (nSPS) is 10.5. The van der Waals surface area contributed by atoms with E-state index in [4.69, 9.17) is 0 Å². The van der Waals surface area contributed by atoms with E-state index < -0.39 is 0 Å². The number of nitrogens with one attached hydrogen (secondary N) is 2. The molecule has 30 heavy (non-hydrogen) atoms. The molecule has 6 nitrogen and oxygen atoms in total. The van der Waals surface area contributed by atoms with Crippen LogP contribution in [0.25, 0.3) is 0 Å². The molecule has 0 aliphatic carbocycles. The van der Waals surface area contributed by atoms with Gasteiger partial charge in [-0.15, -0.1) is 0 Å². The highest BCUT2D eigenvalue weighted by Gasteiger charge is 2.04. The van der Waals surface area contributed by atoms with Crippen molar-refractivity contribution in [2.24, 2.45) is 0 Å². The molecule has 2 amide bonds. The number of anilines is 2. The number of phenols is 2. The Hall–Kier alpha value is -3.02. The van der Waals surface area contributed by atoms with Crippen LogP contribution in [0.2, 0.25) is 0 Å².